The standard InChI is InChI=1S/C19H16F3N7O/c1-2-15-25-13-8-3-10(20)9-14(13)29(15)19-27-17(23)26-18(28-19)24-11-4-6-12(7-5-11)30-16(21)22/h3-9,16H,2H2,1H3,(H3,23,24,26,27,28). The van der Waals surface area contributed by atoms with Crippen molar-refractivity contribution in [2.24, 2.45) is 0 Å². The van der Waals surface area contributed by atoms with Crippen LogP contribution in [0.3, 0.4) is 0 Å². The number of fused-ring (bicyclic) bond motifs is 1. The van der Waals surface area contributed by atoms with E-state index in [1.165, 1.54) is 36.4 Å². The molecule has 30 heavy (non-hydrogen) atoms. The minimum Gasteiger partial charge on any atom is -0.435 e. The van der Waals surface area contributed by atoms with Gasteiger partial charge in [-0.2, -0.15) is 23.7 Å². The molecule has 0 saturated heterocycles. The van der Waals surface area contributed by atoms with E-state index in [1.807, 2.05) is 6.92 Å². The summed E-state index contributed by atoms with van der Waals surface area (Å²) in [5.74, 6) is 0.470. The molecule has 2 aromatic heterocycles. The highest BCUT2D eigenvalue weighted by molar-refractivity contribution is 5.78. The summed E-state index contributed by atoms with van der Waals surface area (Å²) in [5.41, 5.74) is 7.46. The van der Waals surface area contributed by atoms with Crippen LogP contribution in [0.2, 0.25) is 0 Å². The van der Waals surface area contributed by atoms with E-state index < -0.39 is 12.4 Å². The zero-order chi connectivity index (χ0) is 21.3. The molecule has 0 aliphatic heterocycles. The van der Waals surface area contributed by atoms with Crippen LogP contribution in [0.4, 0.5) is 30.8 Å². The van der Waals surface area contributed by atoms with Crippen molar-refractivity contribution in [3.8, 4) is 11.7 Å². The second kappa shape index (κ2) is 7.85. The Morgan fingerprint density at radius 1 is 1.07 bits per heavy atom. The number of aryl methyl sites for hydroxylation is 1. The monoisotopic (exact) mass is 415 g/mol. The van der Waals surface area contributed by atoms with Crippen LogP contribution in [-0.4, -0.2) is 31.1 Å². The van der Waals surface area contributed by atoms with E-state index >= 15 is 0 Å². The molecule has 0 aliphatic carbocycles. The van der Waals surface area contributed by atoms with Gasteiger partial charge in [-0.05, 0) is 36.4 Å². The average Bonchev–Trinajstić information content (AvgIpc) is 3.06. The molecule has 2 heterocycles. The Morgan fingerprint density at radius 3 is 2.53 bits per heavy atom. The number of hydrogen-bond donors (Lipinski definition) is 2. The van der Waals surface area contributed by atoms with Gasteiger partial charge in [-0.3, -0.25) is 4.57 Å². The highest BCUT2D eigenvalue weighted by Gasteiger charge is 2.16. The first-order valence-corrected chi connectivity index (χ1v) is 8.93. The lowest BCUT2D eigenvalue weighted by Crippen LogP contribution is -2.11. The van der Waals surface area contributed by atoms with Gasteiger partial charge in [0.1, 0.15) is 17.4 Å². The van der Waals surface area contributed by atoms with Crippen molar-refractivity contribution in [3.63, 3.8) is 0 Å². The molecule has 11 heteroatoms. The summed E-state index contributed by atoms with van der Waals surface area (Å²) in [6.07, 6.45) is 0.552. The minimum atomic E-state index is -2.91. The van der Waals surface area contributed by atoms with E-state index in [0.29, 0.717) is 29.0 Å². The minimum absolute atomic E-state index is 0.0194. The van der Waals surface area contributed by atoms with E-state index in [1.54, 1.807) is 10.6 Å². The van der Waals surface area contributed by atoms with Crippen LogP contribution < -0.4 is 15.8 Å². The third-order valence-electron chi connectivity index (χ3n) is 4.18. The van der Waals surface area contributed by atoms with E-state index in [0.717, 1.165) is 0 Å². The maximum atomic E-state index is 13.8. The molecule has 0 aliphatic rings. The number of hydrogen-bond acceptors (Lipinski definition) is 7. The Labute approximate surface area is 168 Å². The second-order valence-electron chi connectivity index (χ2n) is 6.20. The molecule has 2 aromatic carbocycles. The van der Waals surface area contributed by atoms with Gasteiger partial charge in [0, 0.05) is 18.2 Å². The number of rotatable bonds is 6. The third-order valence-corrected chi connectivity index (χ3v) is 4.18. The first-order chi connectivity index (χ1) is 14.4. The fourth-order valence-corrected chi connectivity index (χ4v) is 2.94. The smallest absolute Gasteiger partial charge is 0.387 e. The highest BCUT2D eigenvalue weighted by atomic mass is 19.3. The van der Waals surface area contributed by atoms with E-state index in [9.17, 15) is 13.2 Å². The summed E-state index contributed by atoms with van der Waals surface area (Å²) in [6, 6.07) is 10.1. The predicted octanol–water partition coefficient (Wildman–Crippen LogP) is 3.84. The Hall–Kier alpha value is -3.89. The molecule has 4 rings (SSSR count). The van der Waals surface area contributed by atoms with Gasteiger partial charge >= 0.3 is 6.61 Å². The lowest BCUT2D eigenvalue weighted by Gasteiger charge is -2.10. The van der Waals surface area contributed by atoms with Crippen molar-refractivity contribution in [3.05, 3.63) is 54.1 Å². The number of nitrogen functional groups attached to an aromatic ring is 1. The largest absolute Gasteiger partial charge is 0.435 e. The Morgan fingerprint density at radius 2 is 1.83 bits per heavy atom. The van der Waals surface area contributed by atoms with Gasteiger partial charge in [-0.1, -0.05) is 6.92 Å². The summed E-state index contributed by atoms with van der Waals surface area (Å²) >= 11 is 0. The summed E-state index contributed by atoms with van der Waals surface area (Å²) in [7, 11) is 0. The number of halogens is 3. The molecule has 0 fully saturated rings. The number of nitrogens with zero attached hydrogens (tertiary/aromatic N) is 5. The molecular formula is C19H16F3N7O. The number of aromatic nitrogens is 5. The number of nitrogens with two attached hydrogens (primary N) is 1. The molecular weight excluding hydrogens is 399 g/mol. The number of benzene rings is 2. The molecule has 0 bridgehead atoms. The van der Waals surface area contributed by atoms with Crippen molar-refractivity contribution in [1.82, 2.24) is 24.5 Å². The molecule has 0 radical (unpaired) electrons. The van der Waals surface area contributed by atoms with E-state index in [2.05, 4.69) is 30.0 Å². The van der Waals surface area contributed by atoms with E-state index in [-0.39, 0.29) is 23.6 Å². The number of alkyl halides is 2. The molecule has 0 atom stereocenters. The normalized spacial score (nSPS) is 11.2. The molecule has 154 valence electrons. The zero-order valence-electron chi connectivity index (χ0n) is 15.7. The van der Waals surface area contributed by atoms with Gasteiger partial charge in [-0.25, -0.2) is 9.37 Å². The first kappa shape index (κ1) is 19.4. The Bertz CT molecular complexity index is 1190. The number of nitrogens with one attached hydrogen (secondary N) is 1. The van der Waals surface area contributed by atoms with Crippen LogP contribution in [0, 0.1) is 5.82 Å². The number of imidazole rings is 1. The Balaban J connectivity index is 1.71. The van der Waals surface area contributed by atoms with Crippen LogP contribution in [0.1, 0.15) is 12.7 Å². The molecule has 3 N–H and O–H groups in total. The topological polar surface area (TPSA) is 104 Å². The SMILES string of the molecule is CCc1nc2ccc(F)cc2n1-c1nc(N)nc(Nc2ccc(OC(F)F)cc2)n1. The average molecular weight is 415 g/mol. The summed E-state index contributed by atoms with van der Waals surface area (Å²) < 4.78 is 44.3. The highest BCUT2D eigenvalue weighted by Crippen LogP contribution is 2.24. The predicted molar refractivity (Wildman–Crippen MR) is 105 cm³/mol. The van der Waals surface area contributed by atoms with Crippen LogP contribution >= 0.6 is 0 Å². The molecule has 0 spiro atoms. The number of ether oxygens (including phenoxy) is 1. The zero-order valence-corrected chi connectivity index (χ0v) is 15.7. The number of anilines is 3. The first-order valence-electron chi connectivity index (χ1n) is 8.93. The lowest BCUT2D eigenvalue weighted by atomic mass is 10.3. The maximum Gasteiger partial charge on any atom is 0.387 e. The Kier molecular flexibility index (Phi) is 5.09. The van der Waals surface area contributed by atoms with Gasteiger partial charge in [-0.15, -0.1) is 0 Å². The molecule has 0 amide bonds. The summed E-state index contributed by atoms with van der Waals surface area (Å²) in [6.45, 7) is -1.00. The van der Waals surface area contributed by atoms with Gasteiger partial charge in [0.25, 0.3) is 0 Å². The van der Waals surface area contributed by atoms with Gasteiger partial charge in [0.2, 0.25) is 17.8 Å². The van der Waals surface area contributed by atoms with Crippen LogP contribution in [0.5, 0.6) is 5.75 Å². The summed E-state index contributed by atoms with van der Waals surface area (Å²) in [4.78, 5) is 17.1. The van der Waals surface area contributed by atoms with Crippen molar-refractivity contribution in [2.45, 2.75) is 20.0 Å². The molecule has 0 saturated carbocycles. The fraction of sp³-hybridized carbons (Fsp3) is 0.158. The molecule has 8 nitrogen and oxygen atoms in total. The van der Waals surface area contributed by atoms with Crippen LogP contribution in [0.25, 0.3) is 17.0 Å². The van der Waals surface area contributed by atoms with Crippen molar-refractivity contribution in [1.29, 1.82) is 0 Å². The molecule has 4 aromatic rings. The van der Waals surface area contributed by atoms with E-state index in [4.69, 9.17) is 5.73 Å². The fourth-order valence-electron chi connectivity index (χ4n) is 2.94. The quantitative estimate of drug-likeness (QED) is 0.493. The van der Waals surface area contributed by atoms with Crippen molar-refractivity contribution < 1.29 is 17.9 Å². The van der Waals surface area contributed by atoms with Crippen LogP contribution in [-0.2, 0) is 6.42 Å². The summed E-state index contributed by atoms with van der Waals surface area (Å²) in [5, 5.41) is 2.93. The lowest BCUT2D eigenvalue weighted by molar-refractivity contribution is -0.0498. The van der Waals surface area contributed by atoms with Crippen molar-refractivity contribution >= 4 is 28.6 Å². The molecule has 0 unspecified atom stereocenters. The van der Waals surface area contributed by atoms with Gasteiger partial charge in [0.15, 0.2) is 0 Å². The second-order valence-corrected chi connectivity index (χ2v) is 6.20. The third kappa shape index (κ3) is 3.95. The van der Waals surface area contributed by atoms with Crippen LogP contribution in [0.15, 0.2) is 42.5 Å². The van der Waals surface area contributed by atoms with Crippen molar-refractivity contribution in [2.75, 3.05) is 11.1 Å². The van der Waals surface area contributed by atoms with Gasteiger partial charge in [0.05, 0.1) is 11.0 Å². The van der Waals surface area contributed by atoms with Gasteiger partial charge < -0.3 is 15.8 Å². The maximum absolute atomic E-state index is 13.8.